The normalized spacial score (nSPS) is 17.3. The second-order valence-corrected chi connectivity index (χ2v) is 4.05. The lowest BCUT2D eigenvalue weighted by Crippen LogP contribution is -2.21. The third-order valence-corrected chi connectivity index (χ3v) is 2.89. The van der Waals surface area contributed by atoms with Crippen LogP contribution in [0, 0.1) is 5.92 Å². The van der Waals surface area contributed by atoms with Gasteiger partial charge in [-0.25, -0.2) is 0 Å². The first-order chi connectivity index (χ1) is 7.90. The smallest absolute Gasteiger partial charge is 0.126 e. The third kappa shape index (κ3) is 2.93. The molecule has 2 heterocycles. The van der Waals surface area contributed by atoms with Gasteiger partial charge in [-0.3, -0.25) is 4.98 Å². The SMILES string of the molecule is NCc1cnccc1OCC1CCOCC1. The maximum absolute atomic E-state index is 5.79. The molecule has 0 spiro atoms. The molecule has 88 valence electrons. The molecule has 0 atom stereocenters. The van der Waals surface area contributed by atoms with Gasteiger partial charge in [0.2, 0.25) is 0 Å². The van der Waals surface area contributed by atoms with Crippen molar-refractivity contribution in [2.24, 2.45) is 11.7 Å². The summed E-state index contributed by atoms with van der Waals surface area (Å²) >= 11 is 0. The number of ether oxygens (including phenoxy) is 2. The molecule has 0 bridgehead atoms. The minimum absolute atomic E-state index is 0.469. The summed E-state index contributed by atoms with van der Waals surface area (Å²) in [5.41, 5.74) is 6.59. The Kier molecular flexibility index (Phi) is 4.13. The molecule has 0 aromatic carbocycles. The summed E-state index contributed by atoms with van der Waals surface area (Å²) in [7, 11) is 0. The van der Waals surface area contributed by atoms with Gasteiger partial charge in [-0.1, -0.05) is 0 Å². The number of nitrogens with two attached hydrogens (primary N) is 1. The van der Waals surface area contributed by atoms with Crippen LogP contribution in [-0.2, 0) is 11.3 Å². The average Bonchev–Trinajstić information content (AvgIpc) is 2.38. The topological polar surface area (TPSA) is 57.4 Å². The van der Waals surface area contributed by atoms with Crippen molar-refractivity contribution in [1.29, 1.82) is 0 Å². The maximum Gasteiger partial charge on any atom is 0.126 e. The Bertz CT molecular complexity index is 325. The molecule has 4 nitrogen and oxygen atoms in total. The number of pyridine rings is 1. The Hall–Kier alpha value is -1.13. The zero-order valence-corrected chi connectivity index (χ0v) is 9.39. The van der Waals surface area contributed by atoms with E-state index < -0.39 is 0 Å². The molecule has 4 heteroatoms. The number of hydrogen-bond acceptors (Lipinski definition) is 4. The average molecular weight is 222 g/mol. The van der Waals surface area contributed by atoms with Gasteiger partial charge in [0, 0.05) is 37.7 Å². The van der Waals surface area contributed by atoms with Crippen LogP contribution in [0.15, 0.2) is 18.5 Å². The minimum Gasteiger partial charge on any atom is -0.493 e. The summed E-state index contributed by atoms with van der Waals surface area (Å²) in [4.78, 5) is 4.03. The third-order valence-electron chi connectivity index (χ3n) is 2.89. The van der Waals surface area contributed by atoms with E-state index >= 15 is 0 Å². The number of hydrogen-bond donors (Lipinski definition) is 1. The fourth-order valence-electron chi connectivity index (χ4n) is 1.83. The van der Waals surface area contributed by atoms with Gasteiger partial charge in [0.1, 0.15) is 5.75 Å². The highest BCUT2D eigenvalue weighted by molar-refractivity contribution is 5.29. The molecule has 1 aliphatic rings. The molecule has 0 unspecified atom stereocenters. The molecule has 2 N–H and O–H groups in total. The van der Waals surface area contributed by atoms with E-state index in [1.807, 2.05) is 6.07 Å². The second-order valence-electron chi connectivity index (χ2n) is 4.05. The Labute approximate surface area is 95.8 Å². The fraction of sp³-hybridized carbons (Fsp3) is 0.583. The molecule has 0 saturated carbocycles. The van der Waals surface area contributed by atoms with Crippen molar-refractivity contribution in [2.45, 2.75) is 19.4 Å². The van der Waals surface area contributed by atoms with E-state index in [9.17, 15) is 0 Å². The highest BCUT2D eigenvalue weighted by atomic mass is 16.5. The number of aromatic nitrogens is 1. The summed E-state index contributed by atoms with van der Waals surface area (Å²) in [6.07, 6.45) is 5.67. The van der Waals surface area contributed by atoms with Gasteiger partial charge in [0.15, 0.2) is 0 Å². The molecule has 1 fully saturated rings. The van der Waals surface area contributed by atoms with Crippen LogP contribution in [0.25, 0.3) is 0 Å². The van der Waals surface area contributed by atoms with Crippen LogP contribution in [0.5, 0.6) is 5.75 Å². The summed E-state index contributed by atoms with van der Waals surface area (Å²) < 4.78 is 11.1. The van der Waals surface area contributed by atoms with Crippen LogP contribution in [0.4, 0.5) is 0 Å². The van der Waals surface area contributed by atoms with E-state index in [0.717, 1.165) is 44.0 Å². The van der Waals surface area contributed by atoms with Crippen LogP contribution in [-0.4, -0.2) is 24.8 Å². The van der Waals surface area contributed by atoms with Crippen molar-refractivity contribution in [3.63, 3.8) is 0 Å². The van der Waals surface area contributed by atoms with E-state index in [2.05, 4.69) is 4.98 Å². The molecule has 1 saturated heterocycles. The van der Waals surface area contributed by atoms with Crippen molar-refractivity contribution in [2.75, 3.05) is 19.8 Å². The number of nitrogens with zero attached hydrogens (tertiary/aromatic N) is 1. The Morgan fingerprint density at radius 2 is 2.25 bits per heavy atom. The monoisotopic (exact) mass is 222 g/mol. The fourth-order valence-corrected chi connectivity index (χ4v) is 1.83. The predicted molar refractivity (Wildman–Crippen MR) is 61.2 cm³/mol. The van der Waals surface area contributed by atoms with Crippen molar-refractivity contribution < 1.29 is 9.47 Å². The molecule has 16 heavy (non-hydrogen) atoms. The molecule has 1 aromatic heterocycles. The molecule has 0 radical (unpaired) electrons. The predicted octanol–water partition coefficient (Wildman–Crippen LogP) is 1.35. The Balaban J connectivity index is 1.88. The van der Waals surface area contributed by atoms with E-state index in [0.29, 0.717) is 12.5 Å². The van der Waals surface area contributed by atoms with Crippen LogP contribution >= 0.6 is 0 Å². The quantitative estimate of drug-likeness (QED) is 0.835. The van der Waals surface area contributed by atoms with E-state index in [-0.39, 0.29) is 0 Å². The lowest BCUT2D eigenvalue weighted by Gasteiger charge is -2.22. The van der Waals surface area contributed by atoms with Gasteiger partial charge in [-0.05, 0) is 24.8 Å². The summed E-state index contributed by atoms with van der Waals surface area (Å²) in [6.45, 7) is 2.93. The Morgan fingerprint density at radius 3 is 3.00 bits per heavy atom. The summed E-state index contributed by atoms with van der Waals surface area (Å²) in [5, 5.41) is 0. The van der Waals surface area contributed by atoms with Gasteiger partial charge in [-0.15, -0.1) is 0 Å². The van der Waals surface area contributed by atoms with Crippen LogP contribution in [0.3, 0.4) is 0 Å². The molecule has 1 aliphatic heterocycles. The zero-order valence-electron chi connectivity index (χ0n) is 9.39. The Morgan fingerprint density at radius 1 is 1.44 bits per heavy atom. The number of rotatable bonds is 4. The lowest BCUT2D eigenvalue weighted by molar-refractivity contribution is 0.0496. The van der Waals surface area contributed by atoms with E-state index in [4.69, 9.17) is 15.2 Å². The first-order valence-electron chi connectivity index (χ1n) is 5.73. The van der Waals surface area contributed by atoms with Gasteiger partial charge in [0.05, 0.1) is 6.61 Å². The van der Waals surface area contributed by atoms with E-state index in [1.165, 1.54) is 0 Å². The van der Waals surface area contributed by atoms with Crippen molar-refractivity contribution in [3.05, 3.63) is 24.0 Å². The molecule has 1 aromatic rings. The first kappa shape index (κ1) is 11.4. The summed E-state index contributed by atoms with van der Waals surface area (Å²) in [5.74, 6) is 1.47. The molecule has 0 amide bonds. The van der Waals surface area contributed by atoms with Crippen molar-refractivity contribution in [3.8, 4) is 5.75 Å². The van der Waals surface area contributed by atoms with Gasteiger partial charge >= 0.3 is 0 Å². The molecule has 0 aliphatic carbocycles. The highest BCUT2D eigenvalue weighted by Gasteiger charge is 2.14. The first-order valence-corrected chi connectivity index (χ1v) is 5.73. The highest BCUT2D eigenvalue weighted by Crippen LogP contribution is 2.20. The van der Waals surface area contributed by atoms with Gasteiger partial charge in [-0.2, -0.15) is 0 Å². The van der Waals surface area contributed by atoms with Crippen LogP contribution in [0.2, 0.25) is 0 Å². The molecule has 2 rings (SSSR count). The molecular weight excluding hydrogens is 204 g/mol. The second kappa shape index (κ2) is 5.82. The van der Waals surface area contributed by atoms with Crippen molar-refractivity contribution >= 4 is 0 Å². The minimum atomic E-state index is 0.469. The summed E-state index contributed by atoms with van der Waals surface area (Å²) in [6, 6.07) is 1.88. The molecular formula is C12H18N2O2. The maximum atomic E-state index is 5.79. The van der Waals surface area contributed by atoms with Crippen molar-refractivity contribution in [1.82, 2.24) is 4.98 Å². The standard InChI is InChI=1S/C12H18N2O2/c13-7-11-8-14-4-1-12(11)16-9-10-2-5-15-6-3-10/h1,4,8,10H,2-3,5-7,9,13H2. The van der Waals surface area contributed by atoms with E-state index in [1.54, 1.807) is 12.4 Å². The lowest BCUT2D eigenvalue weighted by atomic mass is 10.0. The van der Waals surface area contributed by atoms with Gasteiger partial charge < -0.3 is 15.2 Å². The largest absolute Gasteiger partial charge is 0.493 e. The van der Waals surface area contributed by atoms with Gasteiger partial charge in [0.25, 0.3) is 0 Å². The van der Waals surface area contributed by atoms with Crippen LogP contribution < -0.4 is 10.5 Å². The van der Waals surface area contributed by atoms with Crippen LogP contribution in [0.1, 0.15) is 18.4 Å². The zero-order chi connectivity index (χ0) is 11.2.